The number of nitro benzene ring substituents is 1. The fraction of sp³-hybridized carbons (Fsp3) is 0.500. The summed E-state index contributed by atoms with van der Waals surface area (Å²) in [5.41, 5.74) is 6.56. The van der Waals surface area contributed by atoms with Crippen molar-refractivity contribution >= 4 is 17.3 Å². The summed E-state index contributed by atoms with van der Waals surface area (Å²) < 4.78 is 0. The summed E-state index contributed by atoms with van der Waals surface area (Å²) in [4.78, 5) is 23.9. The minimum absolute atomic E-state index is 0.00712. The number of hydrogen-bond donors (Lipinski definition) is 2. The Morgan fingerprint density at radius 1 is 1.52 bits per heavy atom. The molecule has 1 aromatic carbocycles. The third-order valence-electron chi connectivity index (χ3n) is 3.60. The lowest BCUT2D eigenvalue weighted by Gasteiger charge is -2.14. The molecule has 0 saturated heterocycles. The van der Waals surface area contributed by atoms with Crippen molar-refractivity contribution < 1.29 is 9.72 Å². The van der Waals surface area contributed by atoms with Crippen LogP contribution in [-0.4, -0.2) is 42.4 Å². The van der Waals surface area contributed by atoms with E-state index < -0.39 is 4.92 Å². The number of benzene rings is 1. The zero-order chi connectivity index (χ0) is 15.6. The second-order valence-electron chi connectivity index (χ2n) is 5.57. The van der Waals surface area contributed by atoms with Gasteiger partial charge in [-0.3, -0.25) is 14.9 Å². The third kappa shape index (κ3) is 3.69. The van der Waals surface area contributed by atoms with Crippen molar-refractivity contribution in [2.75, 3.05) is 26.0 Å². The van der Waals surface area contributed by atoms with E-state index in [0.29, 0.717) is 23.7 Å². The Hall–Kier alpha value is -2.15. The Labute approximate surface area is 123 Å². The van der Waals surface area contributed by atoms with Crippen LogP contribution in [0.25, 0.3) is 0 Å². The van der Waals surface area contributed by atoms with Gasteiger partial charge in [0.2, 0.25) is 0 Å². The van der Waals surface area contributed by atoms with E-state index in [9.17, 15) is 14.9 Å². The summed E-state index contributed by atoms with van der Waals surface area (Å²) in [6.07, 6.45) is 2.25. The topological polar surface area (TPSA) is 102 Å². The maximum Gasteiger partial charge on any atom is 0.293 e. The van der Waals surface area contributed by atoms with Gasteiger partial charge in [0, 0.05) is 38.3 Å². The molecule has 2 rings (SSSR count). The molecule has 1 unspecified atom stereocenters. The molecule has 0 radical (unpaired) electrons. The molecule has 1 aliphatic rings. The smallest absolute Gasteiger partial charge is 0.293 e. The first-order valence-electron chi connectivity index (χ1n) is 6.89. The molecule has 7 nitrogen and oxygen atoms in total. The molecule has 0 spiro atoms. The number of carbonyl (C=O) groups is 1. The average molecular weight is 292 g/mol. The Kier molecular flexibility index (Phi) is 4.42. The predicted octanol–water partition coefficient (Wildman–Crippen LogP) is 1.45. The Bertz CT molecular complexity index is 555. The zero-order valence-electron chi connectivity index (χ0n) is 12.2. The molecule has 1 aromatic rings. The molecule has 1 atom stereocenters. The standard InChI is InChI=1S/C14H20N4O3/c1-17(2)14(19)10-5-6-12(13(7-10)18(20)21)16-8-11(15)9-3-4-9/h5-7,9,11,16H,3-4,8,15H2,1-2H3. The molecule has 1 amide bonds. The van der Waals surface area contributed by atoms with Gasteiger partial charge in [-0.05, 0) is 30.9 Å². The lowest BCUT2D eigenvalue weighted by Crippen LogP contribution is -2.31. The molecule has 0 aliphatic heterocycles. The van der Waals surface area contributed by atoms with Crippen LogP contribution in [0, 0.1) is 16.0 Å². The number of hydrogen-bond acceptors (Lipinski definition) is 5. The molecule has 3 N–H and O–H groups in total. The average Bonchev–Trinajstić information content (AvgIpc) is 3.28. The quantitative estimate of drug-likeness (QED) is 0.610. The lowest BCUT2D eigenvalue weighted by molar-refractivity contribution is -0.384. The fourth-order valence-corrected chi connectivity index (χ4v) is 2.14. The second-order valence-corrected chi connectivity index (χ2v) is 5.57. The van der Waals surface area contributed by atoms with E-state index >= 15 is 0 Å². The highest BCUT2D eigenvalue weighted by atomic mass is 16.6. The van der Waals surface area contributed by atoms with Gasteiger partial charge in [0.05, 0.1) is 4.92 Å². The molecular weight excluding hydrogens is 272 g/mol. The SMILES string of the molecule is CN(C)C(=O)c1ccc(NCC(N)C2CC2)c([N+](=O)[O-])c1. The molecule has 1 fully saturated rings. The summed E-state index contributed by atoms with van der Waals surface area (Å²) >= 11 is 0. The van der Waals surface area contributed by atoms with Crippen LogP contribution < -0.4 is 11.1 Å². The number of nitrogens with one attached hydrogen (secondary N) is 1. The van der Waals surface area contributed by atoms with Crippen LogP contribution in [0.3, 0.4) is 0 Å². The molecule has 1 aliphatic carbocycles. The zero-order valence-corrected chi connectivity index (χ0v) is 12.2. The number of nitro groups is 1. The summed E-state index contributed by atoms with van der Waals surface area (Å²) in [6.45, 7) is 0.493. The van der Waals surface area contributed by atoms with Crippen LogP contribution in [-0.2, 0) is 0 Å². The highest BCUT2D eigenvalue weighted by molar-refractivity contribution is 5.95. The molecule has 7 heteroatoms. The summed E-state index contributed by atoms with van der Waals surface area (Å²) in [7, 11) is 3.21. The Morgan fingerprint density at radius 2 is 2.19 bits per heavy atom. The van der Waals surface area contributed by atoms with Gasteiger partial charge in [-0.15, -0.1) is 0 Å². The van der Waals surface area contributed by atoms with Crippen LogP contribution in [0.2, 0.25) is 0 Å². The number of amides is 1. The van der Waals surface area contributed by atoms with Gasteiger partial charge in [-0.25, -0.2) is 0 Å². The van der Waals surface area contributed by atoms with Gasteiger partial charge >= 0.3 is 0 Å². The minimum atomic E-state index is -0.489. The number of anilines is 1. The van der Waals surface area contributed by atoms with Crippen molar-refractivity contribution in [3.05, 3.63) is 33.9 Å². The number of nitrogens with two attached hydrogens (primary N) is 1. The van der Waals surface area contributed by atoms with Crippen LogP contribution >= 0.6 is 0 Å². The molecule has 21 heavy (non-hydrogen) atoms. The van der Waals surface area contributed by atoms with E-state index in [4.69, 9.17) is 5.73 Å². The summed E-state index contributed by atoms with van der Waals surface area (Å²) in [6, 6.07) is 4.45. The molecule has 114 valence electrons. The first-order valence-corrected chi connectivity index (χ1v) is 6.89. The minimum Gasteiger partial charge on any atom is -0.378 e. The van der Waals surface area contributed by atoms with Gasteiger partial charge < -0.3 is 16.0 Å². The van der Waals surface area contributed by atoms with Crippen molar-refractivity contribution in [3.8, 4) is 0 Å². The Morgan fingerprint density at radius 3 is 2.71 bits per heavy atom. The summed E-state index contributed by atoms with van der Waals surface area (Å²) in [5, 5.41) is 14.2. The highest BCUT2D eigenvalue weighted by Gasteiger charge is 2.28. The van der Waals surface area contributed by atoms with Crippen molar-refractivity contribution in [1.82, 2.24) is 4.90 Å². The summed E-state index contributed by atoms with van der Waals surface area (Å²) in [5.74, 6) is 0.255. The lowest BCUT2D eigenvalue weighted by atomic mass is 10.1. The van der Waals surface area contributed by atoms with E-state index in [1.807, 2.05) is 0 Å². The van der Waals surface area contributed by atoms with Crippen molar-refractivity contribution in [3.63, 3.8) is 0 Å². The van der Waals surface area contributed by atoms with Crippen LogP contribution in [0.15, 0.2) is 18.2 Å². The maximum atomic E-state index is 11.9. The van der Waals surface area contributed by atoms with Crippen LogP contribution in [0.4, 0.5) is 11.4 Å². The molecule has 1 saturated carbocycles. The second kappa shape index (κ2) is 6.09. The van der Waals surface area contributed by atoms with Gasteiger partial charge in [0.15, 0.2) is 0 Å². The van der Waals surface area contributed by atoms with E-state index in [2.05, 4.69) is 5.32 Å². The Balaban J connectivity index is 2.16. The van der Waals surface area contributed by atoms with E-state index in [-0.39, 0.29) is 17.6 Å². The fourth-order valence-electron chi connectivity index (χ4n) is 2.14. The van der Waals surface area contributed by atoms with Crippen molar-refractivity contribution in [2.45, 2.75) is 18.9 Å². The maximum absolute atomic E-state index is 11.9. The molecular formula is C14H20N4O3. The van der Waals surface area contributed by atoms with Crippen molar-refractivity contribution in [1.29, 1.82) is 0 Å². The van der Waals surface area contributed by atoms with Gasteiger partial charge in [0.1, 0.15) is 5.69 Å². The van der Waals surface area contributed by atoms with Crippen LogP contribution in [0.1, 0.15) is 23.2 Å². The molecule has 0 aromatic heterocycles. The van der Waals surface area contributed by atoms with Gasteiger partial charge in [0.25, 0.3) is 11.6 Å². The third-order valence-corrected chi connectivity index (χ3v) is 3.60. The van der Waals surface area contributed by atoms with E-state index in [0.717, 1.165) is 12.8 Å². The monoisotopic (exact) mass is 292 g/mol. The van der Waals surface area contributed by atoms with Crippen LogP contribution in [0.5, 0.6) is 0 Å². The largest absolute Gasteiger partial charge is 0.378 e. The highest BCUT2D eigenvalue weighted by Crippen LogP contribution is 2.32. The van der Waals surface area contributed by atoms with E-state index in [1.165, 1.54) is 11.0 Å². The first kappa shape index (κ1) is 15.2. The number of rotatable bonds is 6. The van der Waals surface area contributed by atoms with E-state index in [1.54, 1.807) is 26.2 Å². The first-order chi connectivity index (χ1) is 9.90. The molecule has 0 heterocycles. The van der Waals surface area contributed by atoms with Gasteiger partial charge in [-0.2, -0.15) is 0 Å². The molecule has 0 bridgehead atoms. The van der Waals surface area contributed by atoms with Gasteiger partial charge in [-0.1, -0.05) is 0 Å². The van der Waals surface area contributed by atoms with Crippen molar-refractivity contribution in [2.24, 2.45) is 11.7 Å². The predicted molar refractivity (Wildman–Crippen MR) is 80.3 cm³/mol. The normalized spacial score (nSPS) is 15.4. The number of carbonyl (C=O) groups excluding carboxylic acids is 1. The number of nitrogens with zero attached hydrogens (tertiary/aromatic N) is 2.